The second-order valence-corrected chi connectivity index (χ2v) is 5.83. The Morgan fingerprint density at radius 2 is 2.11 bits per heavy atom. The van der Waals surface area contributed by atoms with Crippen LogP contribution in [0.4, 0.5) is 5.69 Å². The molecule has 1 aliphatic rings. The minimum absolute atomic E-state index is 0.0790. The summed E-state index contributed by atoms with van der Waals surface area (Å²) in [5, 5.41) is 23.9. The van der Waals surface area contributed by atoms with Gasteiger partial charge in [-0.1, -0.05) is 28.8 Å². The minimum Gasteiger partial charge on any atom is -0.392 e. The maximum atomic E-state index is 10.8. The number of nitrogens with zero attached hydrogens (tertiary/aromatic N) is 1. The molecule has 2 N–H and O–H groups in total. The van der Waals surface area contributed by atoms with Crippen molar-refractivity contribution < 1.29 is 10.0 Å². The van der Waals surface area contributed by atoms with Crippen molar-refractivity contribution in [2.24, 2.45) is 0 Å². The average Bonchev–Trinajstić information content (AvgIpc) is 2.37. The highest BCUT2D eigenvalue weighted by Gasteiger charge is 2.22. The Hall–Kier alpha value is -0.980. The van der Waals surface area contributed by atoms with E-state index in [4.69, 9.17) is 0 Å². The van der Waals surface area contributed by atoms with Crippen molar-refractivity contribution in [1.82, 2.24) is 5.32 Å². The number of halogens is 1. The first-order valence-corrected chi connectivity index (χ1v) is 7.21. The third kappa shape index (κ3) is 3.99. The van der Waals surface area contributed by atoms with E-state index in [-0.39, 0.29) is 17.8 Å². The molecular weight excluding hydrogens is 312 g/mol. The number of hydrogen-bond donors (Lipinski definition) is 2. The highest BCUT2D eigenvalue weighted by molar-refractivity contribution is 9.10. The summed E-state index contributed by atoms with van der Waals surface area (Å²) in [5.74, 6) is 0. The van der Waals surface area contributed by atoms with E-state index < -0.39 is 4.92 Å². The molecule has 5 nitrogen and oxygen atoms in total. The quantitative estimate of drug-likeness (QED) is 0.658. The Balaban J connectivity index is 2.00. The number of nitrogens with one attached hydrogen (secondary N) is 1. The van der Waals surface area contributed by atoms with Crippen molar-refractivity contribution in [3.63, 3.8) is 0 Å². The van der Waals surface area contributed by atoms with Gasteiger partial charge in [0.1, 0.15) is 0 Å². The molecule has 19 heavy (non-hydrogen) atoms. The molecule has 0 radical (unpaired) electrons. The van der Waals surface area contributed by atoms with E-state index in [1.54, 1.807) is 6.07 Å². The minimum atomic E-state index is -0.399. The monoisotopic (exact) mass is 328 g/mol. The Bertz CT molecular complexity index is 467. The summed E-state index contributed by atoms with van der Waals surface area (Å²) in [6.07, 6.45) is 3.67. The summed E-state index contributed by atoms with van der Waals surface area (Å²) < 4.78 is 0.697. The first kappa shape index (κ1) is 14.4. The lowest BCUT2D eigenvalue weighted by molar-refractivity contribution is -0.385. The van der Waals surface area contributed by atoms with Crippen LogP contribution in [0.15, 0.2) is 22.7 Å². The summed E-state index contributed by atoms with van der Waals surface area (Å²) in [7, 11) is 0. The van der Waals surface area contributed by atoms with Crippen LogP contribution in [0.2, 0.25) is 0 Å². The highest BCUT2D eigenvalue weighted by atomic mass is 79.9. The van der Waals surface area contributed by atoms with Gasteiger partial charge in [0.05, 0.1) is 11.0 Å². The molecule has 2 atom stereocenters. The zero-order valence-electron chi connectivity index (χ0n) is 10.5. The fourth-order valence-corrected chi connectivity index (χ4v) is 2.97. The van der Waals surface area contributed by atoms with E-state index in [1.807, 2.05) is 6.07 Å². The number of rotatable bonds is 4. The first-order chi connectivity index (χ1) is 9.06. The van der Waals surface area contributed by atoms with E-state index >= 15 is 0 Å². The molecular formula is C13H17BrN2O3. The Labute approximate surface area is 120 Å². The van der Waals surface area contributed by atoms with Crippen molar-refractivity contribution in [3.05, 3.63) is 38.3 Å². The fraction of sp³-hybridized carbons (Fsp3) is 0.538. The molecule has 1 aromatic rings. The summed E-state index contributed by atoms with van der Waals surface area (Å²) in [6, 6.07) is 4.99. The largest absolute Gasteiger partial charge is 0.392 e. The van der Waals surface area contributed by atoms with E-state index in [0.717, 1.165) is 31.2 Å². The number of nitro benzene ring substituents is 1. The van der Waals surface area contributed by atoms with Gasteiger partial charge >= 0.3 is 0 Å². The number of hydrogen-bond acceptors (Lipinski definition) is 4. The fourth-order valence-electron chi connectivity index (χ4n) is 2.44. The summed E-state index contributed by atoms with van der Waals surface area (Å²) in [5.41, 5.74) is 0.925. The van der Waals surface area contributed by atoms with Crippen molar-refractivity contribution in [2.75, 3.05) is 0 Å². The number of aliphatic hydroxyl groups excluding tert-OH is 1. The van der Waals surface area contributed by atoms with Gasteiger partial charge in [-0.3, -0.25) is 10.1 Å². The zero-order valence-corrected chi connectivity index (χ0v) is 12.1. The molecule has 104 valence electrons. The molecule has 1 aliphatic carbocycles. The molecule has 2 rings (SSSR count). The van der Waals surface area contributed by atoms with Gasteiger partial charge in [0, 0.05) is 29.2 Å². The van der Waals surface area contributed by atoms with Gasteiger partial charge in [0.15, 0.2) is 0 Å². The Kier molecular flexibility index (Phi) is 4.90. The van der Waals surface area contributed by atoms with Crippen LogP contribution in [-0.2, 0) is 6.54 Å². The van der Waals surface area contributed by atoms with Crippen molar-refractivity contribution >= 4 is 21.6 Å². The molecule has 1 aromatic carbocycles. The van der Waals surface area contributed by atoms with Crippen LogP contribution in [0.3, 0.4) is 0 Å². The number of aliphatic hydroxyl groups is 1. The maximum Gasteiger partial charge on any atom is 0.270 e. The van der Waals surface area contributed by atoms with Crippen LogP contribution >= 0.6 is 15.9 Å². The lowest BCUT2D eigenvalue weighted by atomic mass is 9.92. The van der Waals surface area contributed by atoms with Crippen molar-refractivity contribution in [3.8, 4) is 0 Å². The van der Waals surface area contributed by atoms with Gasteiger partial charge < -0.3 is 10.4 Å². The zero-order chi connectivity index (χ0) is 13.8. The highest BCUT2D eigenvalue weighted by Crippen LogP contribution is 2.22. The molecule has 2 unspecified atom stereocenters. The molecule has 0 heterocycles. The SMILES string of the molecule is O=[N+]([O-])c1cc(Br)cc(CNC2CCCCC2O)c1. The molecule has 0 saturated heterocycles. The average molecular weight is 329 g/mol. The van der Waals surface area contributed by atoms with E-state index in [0.29, 0.717) is 11.0 Å². The molecule has 1 fully saturated rings. The molecule has 0 aliphatic heterocycles. The molecule has 0 amide bonds. The maximum absolute atomic E-state index is 10.8. The number of benzene rings is 1. The van der Waals surface area contributed by atoms with Gasteiger partial charge in [0.25, 0.3) is 5.69 Å². The van der Waals surface area contributed by atoms with Crippen LogP contribution < -0.4 is 5.32 Å². The molecule has 0 spiro atoms. The second kappa shape index (κ2) is 6.45. The molecule has 0 aromatic heterocycles. The summed E-state index contributed by atoms with van der Waals surface area (Å²) in [6.45, 7) is 0.530. The van der Waals surface area contributed by atoms with Gasteiger partial charge in [0.2, 0.25) is 0 Å². The number of nitro groups is 1. The van der Waals surface area contributed by atoms with Crippen molar-refractivity contribution in [2.45, 2.75) is 44.4 Å². The Morgan fingerprint density at radius 1 is 1.37 bits per heavy atom. The van der Waals surface area contributed by atoms with Gasteiger partial charge in [-0.25, -0.2) is 0 Å². The van der Waals surface area contributed by atoms with Gasteiger partial charge in [-0.2, -0.15) is 0 Å². The second-order valence-electron chi connectivity index (χ2n) is 4.91. The third-order valence-electron chi connectivity index (χ3n) is 3.45. The standard InChI is InChI=1S/C13H17BrN2O3/c14-10-5-9(6-11(7-10)16(18)19)8-15-12-3-1-2-4-13(12)17/h5-7,12-13,15,17H,1-4,8H2. The lowest BCUT2D eigenvalue weighted by Gasteiger charge is -2.28. The first-order valence-electron chi connectivity index (χ1n) is 6.41. The summed E-state index contributed by atoms with van der Waals surface area (Å²) in [4.78, 5) is 10.4. The van der Waals surface area contributed by atoms with Crippen LogP contribution in [0.1, 0.15) is 31.2 Å². The van der Waals surface area contributed by atoms with Crippen molar-refractivity contribution in [1.29, 1.82) is 0 Å². The predicted molar refractivity (Wildman–Crippen MR) is 75.9 cm³/mol. The van der Waals surface area contributed by atoms with Crippen LogP contribution in [0.5, 0.6) is 0 Å². The van der Waals surface area contributed by atoms with Gasteiger partial charge in [-0.05, 0) is 24.5 Å². The smallest absolute Gasteiger partial charge is 0.270 e. The third-order valence-corrected chi connectivity index (χ3v) is 3.91. The number of non-ortho nitro benzene ring substituents is 1. The predicted octanol–water partition coefficient (Wildman–Crippen LogP) is 2.75. The molecule has 1 saturated carbocycles. The Morgan fingerprint density at radius 3 is 2.79 bits per heavy atom. The topological polar surface area (TPSA) is 75.4 Å². The summed E-state index contributed by atoms with van der Waals surface area (Å²) >= 11 is 3.28. The van der Waals surface area contributed by atoms with Crippen LogP contribution in [-0.4, -0.2) is 22.2 Å². The van der Waals surface area contributed by atoms with E-state index in [1.165, 1.54) is 6.07 Å². The van der Waals surface area contributed by atoms with E-state index in [9.17, 15) is 15.2 Å². The normalized spacial score (nSPS) is 23.3. The molecule has 0 bridgehead atoms. The lowest BCUT2D eigenvalue weighted by Crippen LogP contribution is -2.41. The van der Waals surface area contributed by atoms with Crippen LogP contribution in [0.25, 0.3) is 0 Å². The van der Waals surface area contributed by atoms with Crippen LogP contribution in [0, 0.1) is 10.1 Å². The van der Waals surface area contributed by atoms with Gasteiger partial charge in [-0.15, -0.1) is 0 Å². The van der Waals surface area contributed by atoms with E-state index in [2.05, 4.69) is 21.2 Å². The molecule has 6 heteroatoms.